The molecule has 0 saturated carbocycles. The number of hydrazine groups is 1. The number of amides is 3. The second-order valence-electron chi connectivity index (χ2n) is 12.8. The normalized spacial score (nSPS) is 19.1. The zero-order chi connectivity index (χ0) is 35.6. The number of hydrogen-bond donors (Lipinski definition) is 3. The SMILES string of the molecule is CN(Cc1ccccc1N)C1=CCC(CN2CC3N(C(=O)CN(C)N3C=O)[C@@H](Cc3ccc(O)cc3)C2=O)=CC=C1.CNCc1ccccc1. The molecule has 262 valence electrons. The van der Waals surface area contributed by atoms with Gasteiger partial charge in [-0.1, -0.05) is 78.9 Å². The lowest BCUT2D eigenvalue weighted by molar-refractivity contribution is -0.195. The molecule has 6 rings (SSSR count). The Bertz CT molecular complexity index is 1720. The van der Waals surface area contributed by atoms with E-state index in [-0.39, 0.29) is 37.1 Å². The second kappa shape index (κ2) is 16.8. The van der Waals surface area contributed by atoms with Crippen molar-refractivity contribution in [1.29, 1.82) is 0 Å². The molecule has 11 nitrogen and oxygen atoms in total. The summed E-state index contributed by atoms with van der Waals surface area (Å²) in [6.45, 7) is 2.23. The number of fused-ring (bicyclic) bond motifs is 1. The quantitative estimate of drug-likeness (QED) is 0.220. The molecular weight excluding hydrogens is 630 g/mol. The van der Waals surface area contributed by atoms with Crippen molar-refractivity contribution in [3.8, 4) is 5.75 Å². The molecule has 50 heavy (non-hydrogen) atoms. The summed E-state index contributed by atoms with van der Waals surface area (Å²) in [4.78, 5) is 44.6. The van der Waals surface area contributed by atoms with Crippen molar-refractivity contribution in [2.45, 2.75) is 38.1 Å². The first-order valence-corrected chi connectivity index (χ1v) is 16.8. The van der Waals surface area contributed by atoms with Gasteiger partial charge in [0, 0.05) is 51.5 Å². The minimum absolute atomic E-state index is 0.0142. The van der Waals surface area contributed by atoms with Crippen LogP contribution in [-0.4, -0.2) is 101 Å². The maximum absolute atomic E-state index is 13.9. The Hall–Kier alpha value is -5.39. The Kier molecular flexibility index (Phi) is 12.1. The van der Waals surface area contributed by atoms with Crippen molar-refractivity contribution in [3.63, 3.8) is 0 Å². The number of phenols is 1. The molecule has 3 aliphatic rings. The van der Waals surface area contributed by atoms with E-state index in [0.29, 0.717) is 25.9 Å². The number of para-hydroxylation sites is 1. The summed E-state index contributed by atoms with van der Waals surface area (Å²) in [5, 5.41) is 15.9. The van der Waals surface area contributed by atoms with Crippen LogP contribution in [0.4, 0.5) is 5.69 Å². The van der Waals surface area contributed by atoms with Gasteiger partial charge in [-0.15, -0.1) is 0 Å². The molecular formula is C39H47N7O4. The number of carbonyl (C=O) groups excluding carboxylic acids is 3. The van der Waals surface area contributed by atoms with E-state index in [1.54, 1.807) is 46.1 Å². The van der Waals surface area contributed by atoms with E-state index >= 15 is 0 Å². The van der Waals surface area contributed by atoms with Crippen LogP contribution < -0.4 is 11.1 Å². The first kappa shape index (κ1) is 35.9. The van der Waals surface area contributed by atoms with E-state index < -0.39 is 12.2 Å². The van der Waals surface area contributed by atoms with Crippen molar-refractivity contribution >= 4 is 23.9 Å². The summed E-state index contributed by atoms with van der Waals surface area (Å²) in [7, 11) is 5.67. The molecule has 11 heteroatoms. The third-order valence-electron chi connectivity index (χ3n) is 9.16. The molecule has 1 unspecified atom stereocenters. The summed E-state index contributed by atoms with van der Waals surface area (Å²) in [5.74, 6) is -0.226. The number of rotatable bonds is 10. The van der Waals surface area contributed by atoms with Gasteiger partial charge in [0.2, 0.25) is 18.2 Å². The molecule has 0 bridgehead atoms. The molecule has 0 radical (unpaired) electrons. The number of nitrogens with two attached hydrogens (primary N) is 1. The van der Waals surface area contributed by atoms with Crippen molar-refractivity contribution in [2.75, 3.05) is 46.5 Å². The highest BCUT2D eigenvalue weighted by Gasteiger charge is 2.49. The van der Waals surface area contributed by atoms with Crippen LogP contribution in [0.3, 0.4) is 0 Å². The van der Waals surface area contributed by atoms with Gasteiger partial charge in [-0.2, -0.15) is 0 Å². The standard InChI is InChI=1S/C31H36N6O4.C8H11N/c1-33(18-24-7-3-4-9-27(24)32)25-8-5-6-23(10-13-25)17-35-19-29-36(21-38)34(2)20-30(40)37(29)28(31(35)41)16-22-11-14-26(39)15-12-22;1-9-7-8-5-3-2-4-6-8/h3-9,11-15,21,28-29,39H,10,16-20,32H2,1-2H3;2-6,9H,7H2,1H3/t28-,29?;/m0./s1. The number of aromatic hydroxyl groups is 1. The van der Waals surface area contributed by atoms with E-state index in [4.69, 9.17) is 5.73 Å². The fourth-order valence-corrected chi connectivity index (χ4v) is 6.51. The Morgan fingerprint density at radius 1 is 1.00 bits per heavy atom. The van der Waals surface area contributed by atoms with E-state index in [9.17, 15) is 19.5 Å². The van der Waals surface area contributed by atoms with Crippen molar-refractivity contribution < 1.29 is 19.5 Å². The number of carbonyl (C=O) groups is 3. The van der Waals surface area contributed by atoms with Crippen LogP contribution in [0.5, 0.6) is 5.75 Å². The summed E-state index contributed by atoms with van der Waals surface area (Å²) in [5.41, 5.74) is 12.2. The topological polar surface area (TPSA) is 126 Å². The smallest absolute Gasteiger partial charge is 0.246 e. The molecule has 2 fully saturated rings. The molecule has 2 saturated heterocycles. The minimum Gasteiger partial charge on any atom is -0.508 e. The maximum atomic E-state index is 13.9. The van der Waals surface area contributed by atoms with Crippen LogP contribution >= 0.6 is 0 Å². The Morgan fingerprint density at radius 3 is 2.42 bits per heavy atom. The van der Waals surface area contributed by atoms with Gasteiger partial charge in [0.1, 0.15) is 18.0 Å². The van der Waals surface area contributed by atoms with Gasteiger partial charge < -0.3 is 30.9 Å². The number of nitrogens with zero attached hydrogens (tertiary/aromatic N) is 5. The lowest BCUT2D eigenvalue weighted by Gasteiger charge is -2.53. The fraction of sp³-hybridized carbons (Fsp3) is 0.308. The highest BCUT2D eigenvalue weighted by Crippen LogP contribution is 2.28. The molecule has 3 aromatic rings. The average molecular weight is 678 g/mol. The second-order valence-corrected chi connectivity index (χ2v) is 12.8. The molecule has 2 heterocycles. The first-order valence-electron chi connectivity index (χ1n) is 16.8. The number of likely N-dealkylation sites (N-methyl/N-ethyl adjacent to an activating group) is 2. The lowest BCUT2D eigenvalue weighted by Crippen LogP contribution is -2.74. The van der Waals surface area contributed by atoms with Gasteiger partial charge in [0.05, 0.1) is 13.1 Å². The number of anilines is 1. The number of nitrogens with one attached hydrogen (secondary N) is 1. The zero-order valence-electron chi connectivity index (χ0n) is 29.0. The molecule has 0 aromatic heterocycles. The molecule has 2 atom stereocenters. The molecule has 2 aliphatic heterocycles. The summed E-state index contributed by atoms with van der Waals surface area (Å²) in [6.07, 6.45) is 9.24. The summed E-state index contributed by atoms with van der Waals surface area (Å²) >= 11 is 0. The predicted molar refractivity (Wildman–Crippen MR) is 195 cm³/mol. The zero-order valence-corrected chi connectivity index (χ0v) is 29.0. The van der Waals surface area contributed by atoms with E-state index in [0.717, 1.165) is 34.6 Å². The van der Waals surface area contributed by atoms with Crippen LogP contribution in [0.25, 0.3) is 0 Å². The van der Waals surface area contributed by atoms with Crippen molar-refractivity contribution in [3.05, 3.63) is 131 Å². The van der Waals surface area contributed by atoms with Crippen LogP contribution in [0.15, 0.2) is 114 Å². The number of nitrogen functional groups attached to an aromatic ring is 1. The average Bonchev–Trinajstić information content (AvgIpc) is 3.35. The van der Waals surface area contributed by atoms with Gasteiger partial charge in [-0.05, 0) is 60.0 Å². The van der Waals surface area contributed by atoms with E-state index in [1.165, 1.54) is 10.6 Å². The van der Waals surface area contributed by atoms with Gasteiger partial charge in [0.25, 0.3) is 0 Å². The molecule has 1 aliphatic carbocycles. The number of piperazine rings is 1. The van der Waals surface area contributed by atoms with Gasteiger partial charge in [-0.25, -0.2) is 5.01 Å². The summed E-state index contributed by atoms with van der Waals surface area (Å²) < 4.78 is 0. The van der Waals surface area contributed by atoms with Crippen molar-refractivity contribution in [2.24, 2.45) is 0 Å². The van der Waals surface area contributed by atoms with Crippen LogP contribution in [0, 0.1) is 0 Å². The highest BCUT2D eigenvalue weighted by molar-refractivity contribution is 5.91. The third kappa shape index (κ3) is 8.79. The van der Waals surface area contributed by atoms with E-state index in [1.807, 2.05) is 74.8 Å². The third-order valence-corrected chi connectivity index (χ3v) is 9.16. The molecule has 3 aromatic carbocycles. The monoisotopic (exact) mass is 677 g/mol. The first-order chi connectivity index (χ1) is 24.2. The largest absolute Gasteiger partial charge is 0.508 e. The Morgan fingerprint density at radius 2 is 1.72 bits per heavy atom. The number of phenolic OH excluding ortho intramolecular Hbond substituents is 1. The number of benzene rings is 3. The van der Waals surface area contributed by atoms with Gasteiger partial charge in [-0.3, -0.25) is 19.4 Å². The van der Waals surface area contributed by atoms with Crippen LogP contribution in [-0.2, 0) is 33.9 Å². The van der Waals surface area contributed by atoms with Crippen LogP contribution in [0.2, 0.25) is 0 Å². The number of allylic oxidation sites excluding steroid dienone is 4. The van der Waals surface area contributed by atoms with Gasteiger partial charge in [0.15, 0.2) is 0 Å². The minimum atomic E-state index is -0.766. The molecule has 0 spiro atoms. The number of hydrogen-bond acceptors (Lipinski definition) is 8. The van der Waals surface area contributed by atoms with Gasteiger partial charge >= 0.3 is 0 Å². The van der Waals surface area contributed by atoms with Crippen molar-refractivity contribution in [1.82, 2.24) is 30.0 Å². The molecule has 3 amide bonds. The lowest BCUT2D eigenvalue weighted by atomic mass is 9.98. The fourth-order valence-electron chi connectivity index (χ4n) is 6.51. The van der Waals surface area contributed by atoms with E-state index in [2.05, 4.69) is 28.4 Å². The predicted octanol–water partition coefficient (Wildman–Crippen LogP) is 3.51. The molecule has 4 N–H and O–H groups in total. The Balaban J connectivity index is 0.000000470. The maximum Gasteiger partial charge on any atom is 0.246 e. The summed E-state index contributed by atoms with van der Waals surface area (Å²) in [6, 6.07) is 24.0. The van der Waals surface area contributed by atoms with Crippen LogP contribution in [0.1, 0.15) is 23.1 Å². The Labute approximate surface area is 294 Å². The highest BCUT2D eigenvalue weighted by atomic mass is 16.3.